The third-order valence-electron chi connectivity index (χ3n) is 3.76. The molecule has 0 saturated carbocycles. The molecule has 6 nitrogen and oxygen atoms in total. The van der Waals surface area contributed by atoms with Crippen molar-refractivity contribution in [1.29, 1.82) is 0 Å². The molecule has 0 fully saturated rings. The van der Waals surface area contributed by atoms with Gasteiger partial charge in [-0.05, 0) is 25.7 Å². The molecule has 0 rings (SSSR count). The lowest BCUT2D eigenvalue weighted by Gasteiger charge is -2.01. The van der Waals surface area contributed by atoms with E-state index in [-0.39, 0.29) is 12.8 Å². The number of aliphatic hydroxyl groups is 1. The highest BCUT2D eigenvalue weighted by Gasteiger charge is 1.99. The third kappa shape index (κ3) is 30.9. The van der Waals surface area contributed by atoms with Gasteiger partial charge in [0.2, 0.25) is 0 Å². The molecule has 0 aliphatic rings. The molecular formula is C19H36O6. The van der Waals surface area contributed by atoms with E-state index < -0.39 is 11.9 Å². The van der Waals surface area contributed by atoms with E-state index >= 15 is 0 Å². The smallest absolute Gasteiger partial charge is 0.303 e. The number of hydrogen-bond acceptors (Lipinski definition) is 4. The molecule has 0 aromatic rings. The number of carboxylic acids is 2. The van der Waals surface area contributed by atoms with Crippen LogP contribution >= 0.6 is 0 Å². The number of aldehydes is 1. The number of unbranched alkanes of at least 4 members (excludes halogenated alkanes) is 11. The molecular weight excluding hydrogens is 324 g/mol. The lowest BCUT2D eigenvalue weighted by atomic mass is 10.1. The number of carbonyl (C=O) groups excluding carboxylic acids is 1. The summed E-state index contributed by atoms with van der Waals surface area (Å²) in [5.74, 6) is -1.74. The molecule has 0 aliphatic heterocycles. The van der Waals surface area contributed by atoms with Crippen molar-refractivity contribution in [3.63, 3.8) is 0 Å². The maximum Gasteiger partial charge on any atom is 0.303 e. The van der Waals surface area contributed by atoms with Crippen LogP contribution in [0.1, 0.15) is 96.3 Å². The number of carbonyl (C=O) groups is 3. The molecule has 3 N–H and O–H groups in total. The van der Waals surface area contributed by atoms with Crippen LogP contribution in [0.3, 0.4) is 0 Å². The lowest BCUT2D eigenvalue weighted by Crippen LogP contribution is -1.97. The number of hydrogen-bond donors (Lipinski definition) is 3. The van der Waals surface area contributed by atoms with Crippen LogP contribution in [0.5, 0.6) is 0 Å². The summed E-state index contributed by atoms with van der Waals surface area (Å²) in [6.07, 6.45) is 15.0. The molecule has 25 heavy (non-hydrogen) atoms. The Kier molecular flexibility index (Phi) is 23.3. The maximum absolute atomic E-state index is 10.0. The van der Waals surface area contributed by atoms with Crippen LogP contribution < -0.4 is 0 Å². The summed E-state index contributed by atoms with van der Waals surface area (Å²) in [6.45, 7) is 0.344. The van der Waals surface area contributed by atoms with E-state index in [0.717, 1.165) is 25.5 Å². The first-order valence-corrected chi connectivity index (χ1v) is 9.52. The highest BCUT2D eigenvalue weighted by molar-refractivity contribution is 5.67. The summed E-state index contributed by atoms with van der Waals surface area (Å²) < 4.78 is 0. The monoisotopic (exact) mass is 360 g/mol. The summed E-state index contributed by atoms with van der Waals surface area (Å²) in [7, 11) is 0. The fourth-order valence-electron chi connectivity index (χ4n) is 2.31. The Morgan fingerprint density at radius 2 is 0.960 bits per heavy atom. The molecule has 0 aliphatic carbocycles. The fraction of sp³-hybridized carbons (Fsp3) is 0.842. The van der Waals surface area contributed by atoms with E-state index in [1.165, 1.54) is 51.4 Å². The van der Waals surface area contributed by atoms with Crippen LogP contribution in [-0.2, 0) is 14.4 Å². The number of carboxylic acid groups (broad SMARTS) is 2. The third-order valence-corrected chi connectivity index (χ3v) is 3.76. The Labute approximate surface area is 151 Å². The molecule has 0 radical (unpaired) electrons. The van der Waals surface area contributed by atoms with Crippen molar-refractivity contribution in [2.75, 3.05) is 6.61 Å². The topological polar surface area (TPSA) is 112 Å². The van der Waals surface area contributed by atoms with Crippen molar-refractivity contribution < 1.29 is 29.7 Å². The molecule has 0 heterocycles. The number of aliphatic carboxylic acids is 2. The Bertz CT molecular complexity index is 301. The van der Waals surface area contributed by atoms with Gasteiger partial charge in [0.15, 0.2) is 0 Å². The van der Waals surface area contributed by atoms with Gasteiger partial charge >= 0.3 is 11.9 Å². The molecule has 0 saturated heterocycles. The Morgan fingerprint density at radius 1 is 0.600 bits per heavy atom. The number of aliphatic hydroxyl groups excluding tert-OH is 1. The van der Waals surface area contributed by atoms with Gasteiger partial charge in [-0.3, -0.25) is 9.59 Å². The highest BCUT2D eigenvalue weighted by atomic mass is 16.4. The molecule has 6 heteroatoms. The van der Waals surface area contributed by atoms with Crippen LogP contribution in [0.4, 0.5) is 0 Å². The lowest BCUT2D eigenvalue weighted by molar-refractivity contribution is -0.139. The largest absolute Gasteiger partial charge is 0.481 e. The first-order chi connectivity index (χ1) is 12.0. The zero-order chi connectivity index (χ0) is 19.2. The predicted molar refractivity (Wildman–Crippen MR) is 97.7 cm³/mol. The van der Waals surface area contributed by atoms with Crippen molar-refractivity contribution in [3.8, 4) is 0 Å². The molecule has 148 valence electrons. The maximum atomic E-state index is 10.0. The molecule has 0 aromatic heterocycles. The minimum atomic E-state index is -0.870. The van der Waals surface area contributed by atoms with Gasteiger partial charge in [0.25, 0.3) is 0 Å². The summed E-state index contributed by atoms with van der Waals surface area (Å²) in [4.78, 5) is 29.8. The summed E-state index contributed by atoms with van der Waals surface area (Å²) in [6, 6.07) is 0. The van der Waals surface area contributed by atoms with Gasteiger partial charge in [-0.25, -0.2) is 0 Å². The quantitative estimate of drug-likeness (QED) is 0.265. The standard InChI is InChI=1S/C13H26O2.C6H10O4/c14-12-10-8-6-4-2-1-3-5-7-9-11-13-15;7-5(8)3-1-2-4-6(9)10/h12,15H,1-11,13H2;1-4H2,(H,7,8)(H,9,10). The van der Waals surface area contributed by atoms with Gasteiger partial charge in [0.05, 0.1) is 0 Å². The zero-order valence-electron chi connectivity index (χ0n) is 15.5. The fourth-order valence-corrected chi connectivity index (χ4v) is 2.31. The SMILES string of the molecule is O=C(O)CCCCC(=O)O.O=CCCCCCCCCCCCCO. The highest BCUT2D eigenvalue weighted by Crippen LogP contribution is 2.10. The Balaban J connectivity index is 0. The van der Waals surface area contributed by atoms with E-state index in [9.17, 15) is 14.4 Å². The Morgan fingerprint density at radius 3 is 1.28 bits per heavy atom. The van der Waals surface area contributed by atoms with E-state index in [1.54, 1.807) is 0 Å². The average Bonchev–Trinajstić information content (AvgIpc) is 2.57. The van der Waals surface area contributed by atoms with Crippen LogP contribution in [0.15, 0.2) is 0 Å². The first-order valence-electron chi connectivity index (χ1n) is 9.52. The molecule has 0 amide bonds. The van der Waals surface area contributed by atoms with E-state index in [4.69, 9.17) is 15.3 Å². The van der Waals surface area contributed by atoms with Gasteiger partial charge in [-0.15, -0.1) is 0 Å². The average molecular weight is 360 g/mol. The van der Waals surface area contributed by atoms with Crippen LogP contribution in [0.2, 0.25) is 0 Å². The molecule has 0 unspecified atom stereocenters. The number of rotatable bonds is 17. The van der Waals surface area contributed by atoms with Gasteiger partial charge in [-0.1, -0.05) is 51.4 Å². The molecule has 0 atom stereocenters. The Hall–Kier alpha value is -1.43. The van der Waals surface area contributed by atoms with Crippen LogP contribution in [0, 0.1) is 0 Å². The summed E-state index contributed by atoms with van der Waals surface area (Å²) in [5.41, 5.74) is 0. The van der Waals surface area contributed by atoms with Crippen molar-refractivity contribution in [1.82, 2.24) is 0 Å². The molecule has 0 spiro atoms. The second kappa shape index (κ2) is 22.6. The summed E-state index contributed by atoms with van der Waals surface area (Å²) >= 11 is 0. The van der Waals surface area contributed by atoms with Gasteiger partial charge < -0.3 is 20.1 Å². The minimum absolute atomic E-state index is 0.0628. The van der Waals surface area contributed by atoms with Crippen molar-refractivity contribution in [3.05, 3.63) is 0 Å². The van der Waals surface area contributed by atoms with Crippen molar-refractivity contribution in [2.24, 2.45) is 0 Å². The molecule has 0 aromatic carbocycles. The van der Waals surface area contributed by atoms with E-state index in [1.807, 2.05) is 0 Å². The second-order valence-electron chi connectivity index (χ2n) is 6.21. The van der Waals surface area contributed by atoms with E-state index in [2.05, 4.69) is 0 Å². The second-order valence-corrected chi connectivity index (χ2v) is 6.21. The zero-order valence-corrected chi connectivity index (χ0v) is 15.5. The molecule has 0 bridgehead atoms. The van der Waals surface area contributed by atoms with Crippen molar-refractivity contribution in [2.45, 2.75) is 96.3 Å². The minimum Gasteiger partial charge on any atom is -0.481 e. The summed E-state index contributed by atoms with van der Waals surface area (Å²) in [5, 5.41) is 24.8. The van der Waals surface area contributed by atoms with Gasteiger partial charge in [0, 0.05) is 25.9 Å². The van der Waals surface area contributed by atoms with Crippen molar-refractivity contribution >= 4 is 18.2 Å². The van der Waals surface area contributed by atoms with Crippen LogP contribution in [-0.4, -0.2) is 40.2 Å². The van der Waals surface area contributed by atoms with Crippen LogP contribution in [0.25, 0.3) is 0 Å². The van der Waals surface area contributed by atoms with Gasteiger partial charge in [-0.2, -0.15) is 0 Å². The normalized spacial score (nSPS) is 9.96. The van der Waals surface area contributed by atoms with E-state index in [0.29, 0.717) is 19.4 Å². The first kappa shape index (κ1) is 25.8. The predicted octanol–water partition coefficient (Wildman–Crippen LogP) is 4.18. The van der Waals surface area contributed by atoms with Gasteiger partial charge in [0.1, 0.15) is 6.29 Å².